The molecule has 0 unspecified atom stereocenters. The normalized spacial score (nSPS) is 10.6. The molecule has 3 rings (SSSR count). The van der Waals surface area contributed by atoms with Gasteiger partial charge in [-0.05, 0) is 30.7 Å². The lowest BCUT2D eigenvalue weighted by molar-refractivity contribution is 0.0785. The molecule has 0 N–H and O–H groups in total. The van der Waals surface area contributed by atoms with Crippen molar-refractivity contribution < 1.29 is 4.79 Å². The molecule has 0 aliphatic carbocycles. The zero-order valence-corrected chi connectivity index (χ0v) is 15.9. The molecule has 0 spiro atoms. The first kappa shape index (κ1) is 18.4. The molecule has 1 amide bonds. The first-order valence-corrected chi connectivity index (χ1v) is 8.79. The predicted octanol–water partition coefficient (Wildman–Crippen LogP) is 5.03. The van der Waals surface area contributed by atoms with Crippen LogP contribution in [0.1, 0.15) is 21.7 Å². The molecule has 1 aromatic heterocycles. The zero-order chi connectivity index (χ0) is 18.7. The number of amides is 1. The number of aromatic nitrogens is 2. The molecule has 132 valence electrons. The van der Waals surface area contributed by atoms with Gasteiger partial charge in [-0.25, -0.2) is 9.97 Å². The topological polar surface area (TPSA) is 46.1 Å². The van der Waals surface area contributed by atoms with Crippen molar-refractivity contribution in [2.45, 2.75) is 13.5 Å². The third-order valence-corrected chi connectivity index (χ3v) is 4.31. The summed E-state index contributed by atoms with van der Waals surface area (Å²) in [7, 11) is 1.73. The van der Waals surface area contributed by atoms with E-state index in [2.05, 4.69) is 9.97 Å². The molecule has 26 heavy (non-hydrogen) atoms. The molecule has 0 bridgehead atoms. The van der Waals surface area contributed by atoms with Gasteiger partial charge in [0.15, 0.2) is 0 Å². The zero-order valence-electron chi connectivity index (χ0n) is 14.4. The Hall–Kier alpha value is -2.43. The number of hydrogen-bond acceptors (Lipinski definition) is 3. The monoisotopic (exact) mass is 385 g/mol. The van der Waals surface area contributed by atoms with Crippen LogP contribution in [0.15, 0.2) is 54.7 Å². The van der Waals surface area contributed by atoms with Crippen molar-refractivity contribution in [1.82, 2.24) is 14.9 Å². The van der Waals surface area contributed by atoms with Gasteiger partial charge in [0.05, 0.1) is 11.3 Å². The van der Waals surface area contributed by atoms with Gasteiger partial charge in [0.1, 0.15) is 5.82 Å². The lowest BCUT2D eigenvalue weighted by atomic mass is 10.1. The van der Waals surface area contributed by atoms with E-state index in [1.807, 2.05) is 30.3 Å². The van der Waals surface area contributed by atoms with Crippen LogP contribution in [0, 0.1) is 6.92 Å². The second-order valence-electron chi connectivity index (χ2n) is 5.98. The Morgan fingerprint density at radius 1 is 1.08 bits per heavy atom. The Kier molecular flexibility index (Phi) is 5.55. The maximum Gasteiger partial charge on any atom is 0.257 e. The van der Waals surface area contributed by atoms with Crippen LogP contribution >= 0.6 is 23.2 Å². The van der Waals surface area contributed by atoms with Crippen molar-refractivity contribution in [3.8, 4) is 11.3 Å². The predicted molar refractivity (Wildman–Crippen MR) is 104 cm³/mol. The number of rotatable bonds is 4. The van der Waals surface area contributed by atoms with E-state index in [9.17, 15) is 4.79 Å². The van der Waals surface area contributed by atoms with E-state index < -0.39 is 0 Å². The van der Waals surface area contributed by atoms with Crippen molar-refractivity contribution >= 4 is 29.1 Å². The van der Waals surface area contributed by atoms with Crippen LogP contribution < -0.4 is 0 Å². The van der Waals surface area contributed by atoms with Gasteiger partial charge in [0, 0.05) is 35.4 Å². The Bertz CT molecular complexity index is 925. The molecule has 0 saturated carbocycles. The average molecular weight is 386 g/mol. The highest BCUT2D eigenvalue weighted by Crippen LogP contribution is 2.24. The van der Waals surface area contributed by atoms with Crippen molar-refractivity contribution in [3.05, 3.63) is 81.7 Å². The molecule has 2 aromatic carbocycles. The fourth-order valence-corrected chi connectivity index (χ4v) is 3.27. The summed E-state index contributed by atoms with van der Waals surface area (Å²) in [4.78, 5) is 23.3. The number of halogens is 2. The number of hydrogen-bond donors (Lipinski definition) is 0. The maximum absolute atomic E-state index is 13.0. The van der Waals surface area contributed by atoms with Gasteiger partial charge >= 0.3 is 0 Å². The summed E-state index contributed by atoms with van der Waals surface area (Å²) in [5.41, 5.74) is 2.81. The van der Waals surface area contributed by atoms with E-state index in [1.165, 1.54) is 0 Å². The van der Waals surface area contributed by atoms with Gasteiger partial charge in [-0.3, -0.25) is 4.79 Å². The summed E-state index contributed by atoms with van der Waals surface area (Å²) >= 11 is 12.1. The molecule has 0 fully saturated rings. The minimum Gasteiger partial charge on any atom is -0.337 e. The molecule has 4 nitrogen and oxygen atoms in total. The van der Waals surface area contributed by atoms with Crippen LogP contribution in [0.3, 0.4) is 0 Å². The second kappa shape index (κ2) is 7.85. The number of nitrogens with zero attached hydrogens (tertiary/aromatic N) is 3. The Balaban J connectivity index is 1.92. The molecular weight excluding hydrogens is 369 g/mol. The average Bonchev–Trinajstić information content (AvgIpc) is 2.61. The van der Waals surface area contributed by atoms with Crippen LogP contribution in [0.5, 0.6) is 0 Å². The highest BCUT2D eigenvalue weighted by Gasteiger charge is 2.19. The van der Waals surface area contributed by atoms with E-state index in [4.69, 9.17) is 23.2 Å². The summed E-state index contributed by atoms with van der Waals surface area (Å²) in [6.07, 6.45) is 1.58. The quantitative estimate of drug-likeness (QED) is 0.632. The Labute approximate surface area is 162 Å². The summed E-state index contributed by atoms with van der Waals surface area (Å²) in [6, 6.07) is 14.9. The molecule has 0 aliphatic heterocycles. The van der Waals surface area contributed by atoms with Crippen molar-refractivity contribution in [2.75, 3.05) is 7.05 Å². The standard InChI is InChI=1S/C20H17Cl2N3O/c1-13-23-11-18(19(24-13)15-6-4-3-5-7-15)20(26)25(2)12-14-8-16(21)10-17(22)9-14/h3-11H,12H2,1-2H3. The van der Waals surface area contributed by atoms with Gasteiger partial charge in [-0.2, -0.15) is 0 Å². The first-order valence-electron chi connectivity index (χ1n) is 8.03. The smallest absolute Gasteiger partial charge is 0.257 e. The molecule has 3 aromatic rings. The summed E-state index contributed by atoms with van der Waals surface area (Å²) in [5.74, 6) is 0.449. The van der Waals surface area contributed by atoms with Gasteiger partial charge in [0.2, 0.25) is 0 Å². The van der Waals surface area contributed by atoms with E-state index in [0.717, 1.165) is 11.1 Å². The minimum absolute atomic E-state index is 0.167. The summed E-state index contributed by atoms with van der Waals surface area (Å²) in [5, 5.41) is 1.08. The van der Waals surface area contributed by atoms with Crippen molar-refractivity contribution in [1.29, 1.82) is 0 Å². The van der Waals surface area contributed by atoms with Crippen LogP contribution in [0.25, 0.3) is 11.3 Å². The molecule has 0 aliphatic rings. The third-order valence-electron chi connectivity index (χ3n) is 3.88. The number of carbonyl (C=O) groups is 1. The highest BCUT2D eigenvalue weighted by molar-refractivity contribution is 6.34. The Morgan fingerprint density at radius 2 is 1.73 bits per heavy atom. The van der Waals surface area contributed by atoms with Gasteiger partial charge < -0.3 is 4.90 Å². The maximum atomic E-state index is 13.0. The van der Waals surface area contributed by atoms with Crippen LogP contribution in [0.4, 0.5) is 0 Å². The van der Waals surface area contributed by atoms with Gasteiger partial charge in [-0.15, -0.1) is 0 Å². The van der Waals surface area contributed by atoms with Crippen molar-refractivity contribution in [3.63, 3.8) is 0 Å². The molecular formula is C20H17Cl2N3O. The molecule has 6 heteroatoms. The van der Waals surface area contributed by atoms with Crippen LogP contribution in [0.2, 0.25) is 10.0 Å². The molecule has 0 radical (unpaired) electrons. The third kappa shape index (κ3) is 4.21. The summed E-state index contributed by atoms with van der Waals surface area (Å²) < 4.78 is 0. The van der Waals surface area contributed by atoms with E-state index in [1.54, 1.807) is 43.3 Å². The lowest BCUT2D eigenvalue weighted by Crippen LogP contribution is -2.27. The largest absolute Gasteiger partial charge is 0.337 e. The highest BCUT2D eigenvalue weighted by atomic mass is 35.5. The van der Waals surface area contributed by atoms with Crippen LogP contribution in [-0.4, -0.2) is 27.8 Å². The van der Waals surface area contributed by atoms with Crippen molar-refractivity contribution in [2.24, 2.45) is 0 Å². The van der Waals surface area contributed by atoms with E-state index in [-0.39, 0.29) is 5.91 Å². The fourth-order valence-electron chi connectivity index (χ4n) is 2.70. The minimum atomic E-state index is -0.167. The molecule has 0 saturated heterocycles. The fraction of sp³-hybridized carbons (Fsp3) is 0.150. The lowest BCUT2D eigenvalue weighted by Gasteiger charge is -2.19. The number of benzene rings is 2. The number of carbonyl (C=O) groups excluding carboxylic acids is 1. The Morgan fingerprint density at radius 3 is 2.38 bits per heavy atom. The van der Waals surface area contributed by atoms with E-state index in [0.29, 0.717) is 33.7 Å². The second-order valence-corrected chi connectivity index (χ2v) is 6.86. The van der Waals surface area contributed by atoms with Crippen LogP contribution in [-0.2, 0) is 6.54 Å². The number of aryl methyl sites for hydroxylation is 1. The molecule has 0 atom stereocenters. The summed E-state index contributed by atoms with van der Waals surface area (Å²) in [6.45, 7) is 2.18. The molecule has 1 heterocycles. The SMILES string of the molecule is Cc1ncc(C(=O)N(C)Cc2cc(Cl)cc(Cl)c2)c(-c2ccccc2)n1. The van der Waals surface area contributed by atoms with E-state index >= 15 is 0 Å². The first-order chi connectivity index (χ1) is 12.4. The van der Waals surface area contributed by atoms with Gasteiger partial charge in [0.25, 0.3) is 5.91 Å². The van der Waals surface area contributed by atoms with Gasteiger partial charge in [-0.1, -0.05) is 53.5 Å².